The smallest absolute Gasteiger partial charge is 0.338 e. The Morgan fingerprint density at radius 2 is 1.46 bits per heavy atom. The summed E-state index contributed by atoms with van der Waals surface area (Å²) < 4.78 is 33.6. The number of alkyl halides is 3. The van der Waals surface area contributed by atoms with E-state index in [1.165, 1.54) is 0 Å². The van der Waals surface area contributed by atoms with Crippen molar-refractivity contribution in [2.45, 2.75) is 94.6 Å². The Bertz CT molecular complexity index is 795. The van der Waals surface area contributed by atoms with Crippen molar-refractivity contribution in [2.24, 2.45) is 0 Å². The highest BCUT2D eigenvalue weighted by molar-refractivity contribution is 6.76. The standard InChI is InChI=1S/C28H44Cl3NO7/c1-5-8-16-34-19-24(38-21(4)39-27(32)28(29,30)31)25(36-18-10-7-3)23(35-17-9-6-2)20-37-26(33)22-14-12-11-13-15-22/h11-15,21,23-25,32H,5-10,16-20H2,1-4H3/t21-,23-,24?,25-/m0/s1. The Morgan fingerprint density at radius 3 is 2.05 bits per heavy atom. The summed E-state index contributed by atoms with van der Waals surface area (Å²) >= 11 is 17.3. The number of benzene rings is 1. The normalized spacial score (nSPS) is 14.8. The lowest BCUT2D eigenvalue weighted by atomic mass is 10.1. The number of hydrogen-bond donors (Lipinski definition) is 1. The molecule has 0 saturated heterocycles. The topological polar surface area (TPSA) is 96.3 Å². The number of esters is 1. The van der Waals surface area contributed by atoms with Gasteiger partial charge in [0.2, 0.25) is 5.90 Å². The fourth-order valence-electron chi connectivity index (χ4n) is 3.41. The third kappa shape index (κ3) is 15.4. The van der Waals surface area contributed by atoms with Crippen molar-refractivity contribution >= 4 is 46.7 Å². The molecule has 1 aromatic rings. The predicted octanol–water partition coefficient (Wildman–Crippen LogP) is 7.13. The van der Waals surface area contributed by atoms with Gasteiger partial charge in [-0.05, 0) is 38.3 Å². The van der Waals surface area contributed by atoms with Crippen LogP contribution < -0.4 is 0 Å². The maximum absolute atomic E-state index is 12.7. The first kappa shape index (κ1) is 35.9. The summed E-state index contributed by atoms with van der Waals surface area (Å²) in [5.74, 6) is -1.03. The van der Waals surface area contributed by atoms with Crippen LogP contribution in [0.5, 0.6) is 0 Å². The molecule has 0 spiro atoms. The molecule has 4 atom stereocenters. The lowest BCUT2D eigenvalue weighted by Gasteiger charge is -2.35. The monoisotopic (exact) mass is 611 g/mol. The summed E-state index contributed by atoms with van der Waals surface area (Å²) in [4.78, 5) is 12.7. The van der Waals surface area contributed by atoms with Crippen molar-refractivity contribution in [1.29, 1.82) is 5.41 Å². The lowest BCUT2D eigenvalue weighted by molar-refractivity contribution is -0.207. The van der Waals surface area contributed by atoms with Crippen LogP contribution in [0, 0.1) is 5.41 Å². The van der Waals surface area contributed by atoms with Crippen molar-refractivity contribution in [3.05, 3.63) is 35.9 Å². The van der Waals surface area contributed by atoms with Crippen LogP contribution in [0.15, 0.2) is 30.3 Å². The van der Waals surface area contributed by atoms with Crippen molar-refractivity contribution in [2.75, 3.05) is 33.0 Å². The molecule has 1 unspecified atom stereocenters. The minimum absolute atomic E-state index is 0.0533. The van der Waals surface area contributed by atoms with Crippen molar-refractivity contribution in [3.63, 3.8) is 0 Å². The second-order valence-electron chi connectivity index (χ2n) is 9.03. The highest BCUT2D eigenvalue weighted by Gasteiger charge is 2.36. The molecule has 11 heteroatoms. The van der Waals surface area contributed by atoms with E-state index in [2.05, 4.69) is 20.8 Å². The van der Waals surface area contributed by atoms with E-state index < -0.39 is 40.3 Å². The lowest BCUT2D eigenvalue weighted by Crippen LogP contribution is -2.49. The van der Waals surface area contributed by atoms with Crippen LogP contribution in [0.1, 0.15) is 76.6 Å². The van der Waals surface area contributed by atoms with E-state index in [1.807, 2.05) is 6.07 Å². The van der Waals surface area contributed by atoms with Gasteiger partial charge in [-0.2, -0.15) is 0 Å². The zero-order valence-corrected chi connectivity index (χ0v) is 25.7. The van der Waals surface area contributed by atoms with Gasteiger partial charge in [-0.1, -0.05) is 93.0 Å². The van der Waals surface area contributed by atoms with Crippen molar-refractivity contribution in [3.8, 4) is 0 Å². The van der Waals surface area contributed by atoms with Gasteiger partial charge in [0.05, 0.1) is 12.2 Å². The first-order valence-electron chi connectivity index (χ1n) is 13.6. The Morgan fingerprint density at radius 1 is 0.872 bits per heavy atom. The third-order valence-electron chi connectivity index (χ3n) is 5.59. The fraction of sp³-hybridized carbons (Fsp3) is 0.714. The maximum Gasteiger partial charge on any atom is 0.338 e. The summed E-state index contributed by atoms with van der Waals surface area (Å²) in [6.45, 7) is 9.32. The number of carbonyl (C=O) groups excluding carboxylic acids is 1. The van der Waals surface area contributed by atoms with Gasteiger partial charge in [0.1, 0.15) is 24.9 Å². The summed E-state index contributed by atoms with van der Waals surface area (Å²) in [7, 11) is 0. The molecule has 1 aromatic carbocycles. The van der Waals surface area contributed by atoms with E-state index >= 15 is 0 Å². The molecular weight excluding hydrogens is 569 g/mol. The van der Waals surface area contributed by atoms with Gasteiger partial charge in [-0.25, -0.2) is 4.79 Å². The number of hydrogen-bond acceptors (Lipinski definition) is 8. The maximum atomic E-state index is 12.7. The number of nitrogens with one attached hydrogen (secondary N) is 1. The molecule has 0 aliphatic carbocycles. The average molecular weight is 613 g/mol. The van der Waals surface area contributed by atoms with Crippen LogP contribution >= 0.6 is 34.8 Å². The van der Waals surface area contributed by atoms with Crippen LogP contribution in [0.4, 0.5) is 0 Å². The van der Waals surface area contributed by atoms with E-state index in [4.69, 9.17) is 68.6 Å². The molecule has 0 radical (unpaired) electrons. The molecule has 1 rings (SSSR count). The SMILES string of the molecule is CCCCOCC(O[C@H](C)OC(=N)C(Cl)(Cl)Cl)[C@@H](OCCCC)[C@H](COC(=O)c1ccccc1)OCCCC. The molecular formula is C28H44Cl3NO7. The molecule has 0 saturated carbocycles. The highest BCUT2D eigenvalue weighted by atomic mass is 35.6. The fourth-order valence-corrected chi connectivity index (χ4v) is 3.55. The summed E-state index contributed by atoms with van der Waals surface area (Å²) in [6.07, 6.45) is 2.36. The van der Waals surface area contributed by atoms with Crippen LogP contribution in [0.3, 0.4) is 0 Å². The van der Waals surface area contributed by atoms with Crippen LogP contribution in [0.2, 0.25) is 0 Å². The van der Waals surface area contributed by atoms with Crippen LogP contribution in [-0.2, 0) is 28.4 Å². The van der Waals surface area contributed by atoms with Crippen molar-refractivity contribution < 1.29 is 33.2 Å². The molecule has 0 heterocycles. The minimum Gasteiger partial charge on any atom is -0.459 e. The first-order valence-corrected chi connectivity index (χ1v) is 14.8. The van der Waals surface area contributed by atoms with Gasteiger partial charge in [0.15, 0.2) is 6.29 Å². The molecule has 224 valence electrons. The van der Waals surface area contributed by atoms with E-state index in [1.54, 1.807) is 31.2 Å². The average Bonchev–Trinajstić information content (AvgIpc) is 2.90. The second kappa shape index (κ2) is 20.7. The minimum atomic E-state index is -2.03. The number of halogens is 3. The number of ether oxygens (including phenoxy) is 6. The van der Waals surface area contributed by atoms with E-state index in [9.17, 15) is 4.79 Å². The summed E-state index contributed by atoms with van der Waals surface area (Å²) in [6, 6.07) is 8.76. The molecule has 1 N–H and O–H groups in total. The summed E-state index contributed by atoms with van der Waals surface area (Å²) in [5, 5.41) is 7.90. The predicted molar refractivity (Wildman–Crippen MR) is 155 cm³/mol. The number of rotatable bonds is 21. The van der Waals surface area contributed by atoms with Gasteiger partial charge >= 0.3 is 5.97 Å². The third-order valence-corrected chi connectivity index (χ3v) is 6.11. The van der Waals surface area contributed by atoms with Gasteiger partial charge in [-0.3, -0.25) is 5.41 Å². The quantitative estimate of drug-likeness (QED) is 0.0394. The Kier molecular flexibility index (Phi) is 19.1. The first-order chi connectivity index (χ1) is 18.6. The zero-order chi connectivity index (χ0) is 29.1. The Hall–Kier alpha value is -1.13. The van der Waals surface area contributed by atoms with E-state index in [-0.39, 0.29) is 13.2 Å². The molecule has 0 bridgehead atoms. The second-order valence-corrected chi connectivity index (χ2v) is 11.3. The molecule has 0 aliphatic rings. The molecule has 0 amide bonds. The van der Waals surface area contributed by atoms with Crippen LogP contribution in [0.25, 0.3) is 0 Å². The van der Waals surface area contributed by atoms with Gasteiger partial charge in [0.25, 0.3) is 3.79 Å². The summed E-state index contributed by atoms with van der Waals surface area (Å²) in [5.41, 5.74) is 0.441. The van der Waals surface area contributed by atoms with Gasteiger partial charge in [-0.15, -0.1) is 0 Å². The van der Waals surface area contributed by atoms with Crippen molar-refractivity contribution in [1.82, 2.24) is 0 Å². The number of unbranched alkanes of at least 4 members (excludes halogenated alkanes) is 3. The molecule has 39 heavy (non-hydrogen) atoms. The molecule has 8 nitrogen and oxygen atoms in total. The zero-order valence-electron chi connectivity index (χ0n) is 23.5. The van der Waals surface area contributed by atoms with E-state index in [0.717, 1.165) is 38.5 Å². The molecule has 0 fully saturated rings. The van der Waals surface area contributed by atoms with Crippen LogP contribution in [-0.4, -0.2) is 73.3 Å². The Balaban J connectivity index is 3.18. The molecule has 0 aromatic heterocycles. The number of carbonyl (C=O) groups is 1. The molecule has 0 aliphatic heterocycles. The highest BCUT2D eigenvalue weighted by Crippen LogP contribution is 2.29. The van der Waals surface area contributed by atoms with Gasteiger partial charge in [0, 0.05) is 19.8 Å². The Labute approximate surface area is 248 Å². The van der Waals surface area contributed by atoms with E-state index in [0.29, 0.717) is 25.4 Å². The van der Waals surface area contributed by atoms with Gasteiger partial charge < -0.3 is 28.4 Å². The largest absolute Gasteiger partial charge is 0.459 e.